The summed E-state index contributed by atoms with van der Waals surface area (Å²) in [4.78, 5) is 19.8. The van der Waals surface area contributed by atoms with E-state index in [1.165, 1.54) is 0 Å². The summed E-state index contributed by atoms with van der Waals surface area (Å²) in [5.41, 5.74) is 2.53. The largest absolute Gasteiger partial charge is 0.462 e. The number of hydrogen-bond donors (Lipinski definition) is 2. The number of aliphatic hydroxyl groups excluding tert-OH is 1. The number of piperazine rings is 1. The van der Waals surface area contributed by atoms with Crippen LogP contribution in [0.1, 0.15) is 35.6 Å². The molecule has 1 aliphatic heterocycles. The van der Waals surface area contributed by atoms with Gasteiger partial charge in [0, 0.05) is 50.2 Å². The Morgan fingerprint density at radius 3 is 2.91 bits per heavy atom. The number of aryl methyl sites for hydroxylation is 1. The Bertz CT molecular complexity index is 501. The van der Waals surface area contributed by atoms with Gasteiger partial charge in [-0.25, -0.2) is 4.79 Å². The van der Waals surface area contributed by atoms with Crippen molar-refractivity contribution in [1.82, 2.24) is 14.8 Å². The SMILES string of the molecule is CCOC(=O)c1cc(CN2CCN(CCO)[C@H](C)C2)[nH]c1C. The van der Waals surface area contributed by atoms with Crippen molar-refractivity contribution >= 4 is 5.97 Å². The normalized spacial score (nSPS) is 20.3. The zero-order valence-corrected chi connectivity index (χ0v) is 13.8. The number of β-amino-alcohol motifs (C(OH)–C–C–N with tert-alkyl or cyclic N) is 1. The fourth-order valence-corrected chi connectivity index (χ4v) is 3.05. The molecule has 6 nitrogen and oxygen atoms in total. The van der Waals surface area contributed by atoms with Crippen LogP contribution < -0.4 is 0 Å². The standard InChI is InChI=1S/C16H27N3O3/c1-4-22-16(21)15-9-14(17-13(15)3)11-18-5-6-19(7-8-20)12(2)10-18/h9,12,17,20H,4-8,10-11H2,1-3H3/t12-/m1/s1. The molecule has 0 spiro atoms. The fourth-order valence-electron chi connectivity index (χ4n) is 3.05. The van der Waals surface area contributed by atoms with Gasteiger partial charge in [0.1, 0.15) is 0 Å². The number of H-pyrrole nitrogens is 1. The summed E-state index contributed by atoms with van der Waals surface area (Å²) in [6, 6.07) is 2.33. The molecule has 22 heavy (non-hydrogen) atoms. The van der Waals surface area contributed by atoms with Gasteiger partial charge in [-0.05, 0) is 26.8 Å². The maximum atomic E-state index is 11.9. The van der Waals surface area contributed by atoms with E-state index in [2.05, 4.69) is 21.7 Å². The highest BCUT2D eigenvalue weighted by molar-refractivity contribution is 5.90. The molecule has 2 rings (SSSR count). The summed E-state index contributed by atoms with van der Waals surface area (Å²) in [6.07, 6.45) is 0. The van der Waals surface area contributed by atoms with Crippen LogP contribution in [0.4, 0.5) is 0 Å². The highest BCUT2D eigenvalue weighted by Crippen LogP contribution is 2.16. The first-order valence-electron chi connectivity index (χ1n) is 7.98. The predicted octanol–water partition coefficient (Wildman–Crippen LogP) is 0.998. The Labute approximate surface area is 132 Å². The monoisotopic (exact) mass is 309 g/mol. The van der Waals surface area contributed by atoms with Crippen LogP contribution in [0.15, 0.2) is 6.07 Å². The van der Waals surface area contributed by atoms with Gasteiger partial charge in [-0.15, -0.1) is 0 Å². The summed E-state index contributed by atoms with van der Waals surface area (Å²) in [6.45, 7) is 10.9. The molecule has 1 aromatic heterocycles. The minimum absolute atomic E-state index is 0.211. The minimum atomic E-state index is -0.261. The number of aromatic amines is 1. The third kappa shape index (κ3) is 4.09. The maximum Gasteiger partial charge on any atom is 0.339 e. The second kappa shape index (κ2) is 7.76. The third-order valence-electron chi connectivity index (χ3n) is 4.20. The lowest BCUT2D eigenvalue weighted by molar-refractivity contribution is 0.0525. The molecule has 0 unspecified atom stereocenters. The van der Waals surface area contributed by atoms with E-state index in [1.54, 1.807) is 0 Å². The lowest BCUT2D eigenvalue weighted by Crippen LogP contribution is -2.52. The van der Waals surface area contributed by atoms with Crippen LogP contribution in [-0.2, 0) is 11.3 Å². The van der Waals surface area contributed by atoms with Gasteiger partial charge >= 0.3 is 5.97 Å². The van der Waals surface area contributed by atoms with Crippen LogP contribution >= 0.6 is 0 Å². The Balaban J connectivity index is 1.95. The topological polar surface area (TPSA) is 68.8 Å². The molecular weight excluding hydrogens is 282 g/mol. The van der Waals surface area contributed by atoms with E-state index in [0.29, 0.717) is 18.2 Å². The average Bonchev–Trinajstić information content (AvgIpc) is 2.83. The Hall–Kier alpha value is -1.37. The molecule has 0 bridgehead atoms. The molecule has 2 heterocycles. The van der Waals surface area contributed by atoms with Crippen molar-refractivity contribution in [2.24, 2.45) is 0 Å². The van der Waals surface area contributed by atoms with E-state index in [0.717, 1.165) is 44.1 Å². The smallest absolute Gasteiger partial charge is 0.339 e. The number of ether oxygens (including phenoxy) is 1. The van der Waals surface area contributed by atoms with E-state index in [1.807, 2.05) is 19.9 Å². The summed E-state index contributed by atoms with van der Waals surface area (Å²) < 4.78 is 5.07. The molecule has 6 heteroatoms. The van der Waals surface area contributed by atoms with Gasteiger partial charge in [-0.1, -0.05) is 0 Å². The molecule has 0 saturated carbocycles. The molecule has 0 amide bonds. The van der Waals surface area contributed by atoms with E-state index >= 15 is 0 Å². The zero-order chi connectivity index (χ0) is 16.1. The molecule has 1 atom stereocenters. The quantitative estimate of drug-likeness (QED) is 0.767. The van der Waals surface area contributed by atoms with Crippen LogP contribution in [-0.4, -0.2) is 71.3 Å². The number of carbonyl (C=O) groups is 1. The Morgan fingerprint density at radius 1 is 1.50 bits per heavy atom. The second-order valence-corrected chi connectivity index (χ2v) is 5.90. The average molecular weight is 309 g/mol. The van der Waals surface area contributed by atoms with Crippen LogP contribution in [0.5, 0.6) is 0 Å². The van der Waals surface area contributed by atoms with Crippen LogP contribution in [0.3, 0.4) is 0 Å². The number of nitrogens with one attached hydrogen (secondary N) is 1. The molecule has 1 fully saturated rings. The van der Waals surface area contributed by atoms with E-state index in [4.69, 9.17) is 9.84 Å². The van der Waals surface area contributed by atoms with Crippen molar-refractivity contribution in [2.75, 3.05) is 39.4 Å². The van der Waals surface area contributed by atoms with Crippen molar-refractivity contribution < 1.29 is 14.6 Å². The second-order valence-electron chi connectivity index (χ2n) is 5.90. The Kier molecular flexibility index (Phi) is 5.99. The number of nitrogens with zero attached hydrogens (tertiary/aromatic N) is 2. The molecule has 2 N–H and O–H groups in total. The summed E-state index contributed by atoms with van der Waals surface area (Å²) in [7, 11) is 0. The van der Waals surface area contributed by atoms with Crippen molar-refractivity contribution in [3.05, 3.63) is 23.0 Å². The lowest BCUT2D eigenvalue weighted by atomic mass is 10.2. The molecular formula is C16H27N3O3. The van der Waals surface area contributed by atoms with Gasteiger partial charge in [0.25, 0.3) is 0 Å². The van der Waals surface area contributed by atoms with Gasteiger partial charge in [-0.3, -0.25) is 9.80 Å². The molecule has 1 aromatic rings. The van der Waals surface area contributed by atoms with Crippen molar-refractivity contribution in [3.63, 3.8) is 0 Å². The first kappa shape index (κ1) is 17.0. The van der Waals surface area contributed by atoms with Crippen LogP contribution in [0.25, 0.3) is 0 Å². The van der Waals surface area contributed by atoms with Crippen LogP contribution in [0, 0.1) is 6.92 Å². The lowest BCUT2D eigenvalue weighted by Gasteiger charge is -2.39. The third-order valence-corrected chi connectivity index (χ3v) is 4.20. The van der Waals surface area contributed by atoms with Gasteiger partial charge in [0.05, 0.1) is 18.8 Å². The first-order valence-corrected chi connectivity index (χ1v) is 7.98. The number of aliphatic hydroxyl groups is 1. The molecule has 0 aliphatic carbocycles. The van der Waals surface area contributed by atoms with E-state index in [9.17, 15) is 4.79 Å². The molecule has 0 radical (unpaired) electrons. The van der Waals surface area contributed by atoms with Gasteiger partial charge in [0.15, 0.2) is 0 Å². The van der Waals surface area contributed by atoms with Gasteiger partial charge in [-0.2, -0.15) is 0 Å². The number of aromatic nitrogens is 1. The number of esters is 1. The Morgan fingerprint density at radius 2 is 2.27 bits per heavy atom. The summed E-state index contributed by atoms with van der Waals surface area (Å²) >= 11 is 0. The highest BCUT2D eigenvalue weighted by atomic mass is 16.5. The first-order chi connectivity index (χ1) is 10.5. The predicted molar refractivity (Wildman–Crippen MR) is 84.9 cm³/mol. The fraction of sp³-hybridized carbons (Fsp3) is 0.688. The molecule has 124 valence electrons. The van der Waals surface area contributed by atoms with Crippen molar-refractivity contribution in [1.29, 1.82) is 0 Å². The number of hydrogen-bond acceptors (Lipinski definition) is 5. The molecule has 1 saturated heterocycles. The number of carbonyl (C=O) groups excluding carboxylic acids is 1. The zero-order valence-electron chi connectivity index (χ0n) is 13.8. The summed E-state index contributed by atoms with van der Waals surface area (Å²) in [5, 5.41) is 9.06. The molecule has 0 aromatic carbocycles. The highest BCUT2D eigenvalue weighted by Gasteiger charge is 2.24. The van der Waals surface area contributed by atoms with Crippen LogP contribution in [0.2, 0.25) is 0 Å². The van der Waals surface area contributed by atoms with Gasteiger partial charge in [0.2, 0.25) is 0 Å². The van der Waals surface area contributed by atoms with Gasteiger partial charge < -0.3 is 14.8 Å². The maximum absolute atomic E-state index is 11.9. The summed E-state index contributed by atoms with van der Waals surface area (Å²) in [5.74, 6) is -0.261. The molecule has 1 aliphatic rings. The van der Waals surface area contributed by atoms with E-state index in [-0.39, 0.29) is 12.6 Å². The van der Waals surface area contributed by atoms with Crippen molar-refractivity contribution in [2.45, 2.75) is 33.4 Å². The number of rotatable bonds is 6. The van der Waals surface area contributed by atoms with Crippen molar-refractivity contribution in [3.8, 4) is 0 Å². The minimum Gasteiger partial charge on any atom is -0.462 e. The van der Waals surface area contributed by atoms with E-state index < -0.39 is 0 Å².